The minimum absolute atomic E-state index is 0.0623. The van der Waals surface area contributed by atoms with Gasteiger partial charge in [0.05, 0.1) is 6.54 Å². The molecule has 7 heteroatoms. The van der Waals surface area contributed by atoms with E-state index in [0.29, 0.717) is 38.8 Å². The second-order valence-electron chi connectivity index (χ2n) is 8.06. The number of carbonyl (C=O) groups is 2. The van der Waals surface area contributed by atoms with Gasteiger partial charge in [-0.3, -0.25) is 14.5 Å². The summed E-state index contributed by atoms with van der Waals surface area (Å²) in [4.78, 5) is 28.6. The largest absolute Gasteiger partial charge is 0.352 e. The lowest BCUT2D eigenvalue weighted by Crippen LogP contribution is -2.51. The summed E-state index contributed by atoms with van der Waals surface area (Å²) in [5.41, 5.74) is 3.31. The van der Waals surface area contributed by atoms with Crippen LogP contribution in [0.15, 0.2) is 11.6 Å². The van der Waals surface area contributed by atoms with Gasteiger partial charge in [-0.2, -0.15) is 5.26 Å². The first kappa shape index (κ1) is 21.1. The number of nitrogens with one attached hydrogen (secondary N) is 1. The molecule has 7 nitrogen and oxygen atoms in total. The monoisotopic (exact) mass is 397 g/mol. The summed E-state index contributed by atoms with van der Waals surface area (Å²) < 4.78 is 2.22. The van der Waals surface area contributed by atoms with Crippen LogP contribution in [0.25, 0.3) is 6.08 Å². The number of piperazine rings is 1. The van der Waals surface area contributed by atoms with E-state index in [-0.39, 0.29) is 17.4 Å². The zero-order chi connectivity index (χ0) is 21.0. The molecule has 0 aromatic carbocycles. The van der Waals surface area contributed by atoms with Crippen molar-refractivity contribution in [2.75, 3.05) is 32.7 Å². The number of hydrogen-bond acceptors (Lipinski definition) is 4. The predicted octanol–water partition coefficient (Wildman–Crippen LogP) is 1.84. The molecule has 2 aliphatic rings. The van der Waals surface area contributed by atoms with Crippen molar-refractivity contribution < 1.29 is 9.59 Å². The number of aromatic nitrogens is 1. The molecule has 1 N–H and O–H groups in total. The van der Waals surface area contributed by atoms with E-state index in [1.807, 2.05) is 19.9 Å². The van der Waals surface area contributed by atoms with Crippen molar-refractivity contribution in [2.45, 2.75) is 52.6 Å². The molecular weight excluding hydrogens is 366 g/mol. The Labute approximate surface area is 173 Å². The van der Waals surface area contributed by atoms with Crippen LogP contribution in [0, 0.1) is 25.2 Å². The summed E-state index contributed by atoms with van der Waals surface area (Å²) in [5, 5.41) is 12.6. The van der Waals surface area contributed by atoms with Gasteiger partial charge in [0.1, 0.15) is 11.6 Å². The number of aryl methyl sites for hydroxylation is 1. The maximum absolute atomic E-state index is 12.9. The number of rotatable bonds is 7. The molecule has 0 bridgehead atoms. The molecule has 2 heterocycles. The summed E-state index contributed by atoms with van der Waals surface area (Å²) in [6, 6.07) is 4.49. The number of nitrogens with zero attached hydrogens (tertiary/aromatic N) is 4. The normalized spacial score (nSPS) is 17.9. The Morgan fingerprint density at radius 3 is 2.52 bits per heavy atom. The van der Waals surface area contributed by atoms with E-state index in [1.54, 1.807) is 11.0 Å². The molecule has 0 spiro atoms. The highest BCUT2D eigenvalue weighted by atomic mass is 16.2. The Morgan fingerprint density at radius 1 is 1.24 bits per heavy atom. The second kappa shape index (κ2) is 9.27. The average Bonchev–Trinajstić information content (AvgIpc) is 3.47. The molecule has 156 valence electrons. The Bertz CT molecular complexity index is 836. The van der Waals surface area contributed by atoms with Crippen molar-refractivity contribution in [1.29, 1.82) is 5.26 Å². The molecule has 1 aromatic heterocycles. The molecular formula is C22H31N5O2. The molecule has 0 radical (unpaired) electrons. The van der Waals surface area contributed by atoms with Crippen molar-refractivity contribution in [3.05, 3.63) is 28.6 Å². The van der Waals surface area contributed by atoms with Crippen molar-refractivity contribution in [1.82, 2.24) is 19.7 Å². The molecule has 29 heavy (non-hydrogen) atoms. The standard InChI is InChI=1S/C22H31N5O2/c1-4-7-27-16(2)12-18(17(27)3)13-19(14-23)22(29)26-10-8-25(9-11-26)15-21(28)24-20-5-6-20/h12-13,20H,4-11,15H2,1-3H3,(H,24,28)/b19-13-. The van der Waals surface area contributed by atoms with Gasteiger partial charge in [0.25, 0.3) is 5.91 Å². The van der Waals surface area contributed by atoms with Crippen molar-refractivity contribution in [3.63, 3.8) is 0 Å². The molecule has 0 atom stereocenters. The summed E-state index contributed by atoms with van der Waals surface area (Å²) in [5.74, 6) is -0.165. The van der Waals surface area contributed by atoms with Gasteiger partial charge in [-0.25, -0.2) is 0 Å². The fourth-order valence-corrected chi connectivity index (χ4v) is 3.82. The van der Waals surface area contributed by atoms with Crippen LogP contribution in [-0.2, 0) is 16.1 Å². The molecule has 1 saturated carbocycles. The first-order valence-corrected chi connectivity index (χ1v) is 10.5. The summed E-state index contributed by atoms with van der Waals surface area (Å²) in [6.45, 7) is 9.87. The van der Waals surface area contributed by atoms with E-state index in [2.05, 4.69) is 27.8 Å². The van der Waals surface area contributed by atoms with Crippen LogP contribution in [0.5, 0.6) is 0 Å². The highest BCUT2D eigenvalue weighted by Crippen LogP contribution is 2.20. The van der Waals surface area contributed by atoms with Crippen LogP contribution in [0.1, 0.15) is 43.1 Å². The van der Waals surface area contributed by atoms with E-state index in [9.17, 15) is 14.9 Å². The van der Waals surface area contributed by atoms with Gasteiger partial charge in [-0.1, -0.05) is 6.92 Å². The number of amides is 2. The lowest BCUT2D eigenvalue weighted by molar-refractivity contribution is -0.129. The highest BCUT2D eigenvalue weighted by molar-refractivity contribution is 6.01. The topological polar surface area (TPSA) is 81.4 Å². The highest BCUT2D eigenvalue weighted by Gasteiger charge is 2.27. The molecule has 1 aliphatic carbocycles. The van der Waals surface area contributed by atoms with Gasteiger partial charge < -0.3 is 14.8 Å². The maximum Gasteiger partial charge on any atom is 0.264 e. The first-order chi connectivity index (χ1) is 13.9. The molecule has 1 saturated heterocycles. The van der Waals surface area contributed by atoms with Gasteiger partial charge in [0.2, 0.25) is 5.91 Å². The fraction of sp³-hybridized carbons (Fsp3) is 0.591. The predicted molar refractivity (Wildman–Crippen MR) is 112 cm³/mol. The summed E-state index contributed by atoms with van der Waals surface area (Å²) >= 11 is 0. The zero-order valence-corrected chi connectivity index (χ0v) is 17.7. The number of hydrogen-bond donors (Lipinski definition) is 1. The quantitative estimate of drug-likeness (QED) is 0.562. The zero-order valence-electron chi connectivity index (χ0n) is 17.7. The van der Waals surface area contributed by atoms with Crippen molar-refractivity contribution in [2.24, 2.45) is 0 Å². The van der Waals surface area contributed by atoms with Crippen LogP contribution in [-0.4, -0.2) is 64.9 Å². The van der Waals surface area contributed by atoms with Gasteiger partial charge in [-0.15, -0.1) is 0 Å². The van der Waals surface area contributed by atoms with Crippen LogP contribution < -0.4 is 5.32 Å². The molecule has 2 fully saturated rings. The minimum atomic E-state index is -0.227. The Balaban J connectivity index is 1.60. The van der Waals surface area contributed by atoms with E-state index in [4.69, 9.17) is 0 Å². The second-order valence-corrected chi connectivity index (χ2v) is 8.06. The fourth-order valence-electron chi connectivity index (χ4n) is 3.82. The Kier molecular flexibility index (Phi) is 6.75. The van der Waals surface area contributed by atoms with Crippen molar-refractivity contribution >= 4 is 17.9 Å². The van der Waals surface area contributed by atoms with Gasteiger partial charge >= 0.3 is 0 Å². The third kappa shape index (κ3) is 5.27. The Hall–Kier alpha value is -2.59. The van der Waals surface area contributed by atoms with Gasteiger partial charge in [0.15, 0.2) is 0 Å². The third-order valence-electron chi connectivity index (χ3n) is 5.68. The van der Waals surface area contributed by atoms with E-state index in [1.165, 1.54) is 0 Å². The summed E-state index contributed by atoms with van der Waals surface area (Å²) in [6.07, 6.45) is 4.91. The Morgan fingerprint density at radius 2 is 1.93 bits per heavy atom. The molecule has 0 unspecified atom stereocenters. The molecule has 3 rings (SSSR count). The average molecular weight is 398 g/mol. The lowest BCUT2D eigenvalue weighted by Gasteiger charge is -2.34. The SMILES string of the molecule is CCCn1c(C)cc(/C=C(/C#N)C(=O)N2CCN(CC(=O)NC3CC3)CC2)c1C. The number of nitriles is 1. The van der Waals surface area contributed by atoms with E-state index in [0.717, 1.165) is 42.8 Å². The van der Waals surface area contributed by atoms with Gasteiger partial charge in [-0.05, 0) is 50.8 Å². The van der Waals surface area contributed by atoms with Crippen LogP contribution in [0.4, 0.5) is 0 Å². The minimum Gasteiger partial charge on any atom is -0.352 e. The third-order valence-corrected chi connectivity index (χ3v) is 5.68. The van der Waals surface area contributed by atoms with Crippen LogP contribution in [0.2, 0.25) is 0 Å². The summed E-state index contributed by atoms with van der Waals surface area (Å²) in [7, 11) is 0. The van der Waals surface area contributed by atoms with Crippen LogP contribution in [0.3, 0.4) is 0 Å². The number of carbonyl (C=O) groups excluding carboxylic acids is 2. The lowest BCUT2D eigenvalue weighted by atomic mass is 10.1. The first-order valence-electron chi connectivity index (χ1n) is 10.5. The van der Waals surface area contributed by atoms with E-state index >= 15 is 0 Å². The maximum atomic E-state index is 12.9. The smallest absolute Gasteiger partial charge is 0.264 e. The van der Waals surface area contributed by atoms with Crippen molar-refractivity contribution in [3.8, 4) is 6.07 Å². The molecule has 1 aliphatic heterocycles. The van der Waals surface area contributed by atoms with Crippen LogP contribution >= 0.6 is 0 Å². The molecule has 1 aromatic rings. The van der Waals surface area contributed by atoms with E-state index < -0.39 is 0 Å². The molecule has 2 amide bonds. The van der Waals surface area contributed by atoms with Gasteiger partial charge in [0, 0.05) is 50.2 Å².